The molecule has 5 heteroatoms. The first-order valence-corrected chi connectivity index (χ1v) is 4.87. The van der Waals surface area contributed by atoms with Gasteiger partial charge in [0.15, 0.2) is 0 Å². The molecule has 0 saturated carbocycles. The van der Waals surface area contributed by atoms with Crippen molar-refractivity contribution in [2.24, 2.45) is 11.1 Å². The molecule has 1 saturated heterocycles. The van der Waals surface area contributed by atoms with Crippen LogP contribution in [0.3, 0.4) is 0 Å². The Morgan fingerprint density at radius 1 is 1.57 bits per heavy atom. The number of carboxylic acids is 1. The Morgan fingerprint density at radius 3 is 2.79 bits per heavy atom. The predicted molar refractivity (Wildman–Crippen MR) is 51.9 cm³/mol. The number of nitrogens with two attached hydrogens (primary N) is 1. The molecule has 0 aromatic carbocycles. The molecule has 1 unspecified atom stereocenters. The third kappa shape index (κ3) is 2.67. The van der Waals surface area contributed by atoms with Crippen LogP contribution in [0.15, 0.2) is 0 Å². The number of β-amino-alcohol motifs (C(OH)–C–C–N with tert-alkyl or cyclic N) is 1. The van der Waals surface area contributed by atoms with E-state index in [0.717, 1.165) is 13.0 Å². The molecular weight excluding hydrogens is 184 g/mol. The second-order valence-corrected chi connectivity index (χ2v) is 4.02. The van der Waals surface area contributed by atoms with Crippen molar-refractivity contribution in [1.82, 2.24) is 4.90 Å². The van der Waals surface area contributed by atoms with Crippen LogP contribution in [0.2, 0.25) is 0 Å². The molecular formula is C9H18N2O3. The largest absolute Gasteiger partial charge is 0.481 e. The second kappa shape index (κ2) is 4.72. The topological polar surface area (TPSA) is 86.8 Å². The fraction of sp³-hybridized carbons (Fsp3) is 0.889. The molecule has 4 N–H and O–H groups in total. The lowest BCUT2D eigenvalue weighted by molar-refractivity contribution is -0.139. The molecule has 14 heavy (non-hydrogen) atoms. The van der Waals surface area contributed by atoms with Gasteiger partial charge in [-0.1, -0.05) is 0 Å². The number of hydrogen-bond donors (Lipinski definition) is 3. The van der Waals surface area contributed by atoms with Crippen molar-refractivity contribution in [2.75, 3.05) is 32.8 Å². The lowest BCUT2D eigenvalue weighted by atomic mass is 9.84. The lowest BCUT2D eigenvalue weighted by Crippen LogP contribution is -2.36. The Bertz CT molecular complexity index is 210. The third-order valence-electron chi connectivity index (χ3n) is 2.89. The summed E-state index contributed by atoms with van der Waals surface area (Å²) in [4.78, 5) is 12.7. The summed E-state index contributed by atoms with van der Waals surface area (Å²) in [5, 5.41) is 17.5. The van der Waals surface area contributed by atoms with Crippen LogP contribution in [0.4, 0.5) is 0 Å². The van der Waals surface area contributed by atoms with E-state index >= 15 is 0 Å². The first-order chi connectivity index (χ1) is 6.62. The van der Waals surface area contributed by atoms with Gasteiger partial charge in [-0.05, 0) is 19.5 Å². The maximum absolute atomic E-state index is 10.7. The van der Waals surface area contributed by atoms with Crippen molar-refractivity contribution in [3.63, 3.8) is 0 Å². The van der Waals surface area contributed by atoms with E-state index in [4.69, 9.17) is 15.9 Å². The van der Waals surface area contributed by atoms with E-state index in [0.29, 0.717) is 19.6 Å². The Hall–Kier alpha value is -0.650. The van der Waals surface area contributed by atoms with Gasteiger partial charge in [0.05, 0.1) is 13.0 Å². The Balaban J connectivity index is 2.52. The molecule has 1 fully saturated rings. The van der Waals surface area contributed by atoms with Gasteiger partial charge in [-0.15, -0.1) is 0 Å². The molecule has 0 aromatic rings. The van der Waals surface area contributed by atoms with Gasteiger partial charge >= 0.3 is 5.97 Å². The molecule has 0 aliphatic carbocycles. The second-order valence-electron chi connectivity index (χ2n) is 4.02. The number of carboxylic acid groups (broad SMARTS) is 1. The minimum atomic E-state index is -0.790. The van der Waals surface area contributed by atoms with Gasteiger partial charge in [-0.2, -0.15) is 0 Å². The van der Waals surface area contributed by atoms with E-state index in [2.05, 4.69) is 4.90 Å². The van der Waals surface area contributed by atoms with E-state index in [1.54, 1.807) is 0 Å². The van der Waals surface area contributed by atoms with Crippen LogP contribution in [-0.2, 0) is 4.79 Å². The van der Waals surface area contributed by atoms with Gasteiger partial charge in [0.2, 0.25) is 0 Å². The van der Waals surface area contributed by atoms with Crippen LogP contribution >= 0.6 is 0 Å². The van der Waals surface area contributed by atoms with Crippen molar-refractivity contribution in [2.45, 2.75) is 12.8 Å². The number of aliphatic hydroxyl groups excluding tert-OH is 1. The molecule has 5 nitrogen and oxygen atoms in total. The summed E-state index contributed by atoms with van der Waals surface area (Å²) < 4.78 is 0. The summed E-state index contributed by atoms with van der Waals surface area (Å²) in [6.07, 6.45) is 0.946. The molecule has 0 amide bonds. The highest BCUT2D eigenvalue weighted by Crippen LogP contribution is 2.32. The molecule has 1 aliphatic heterocycles. The van der Waals surface area contributed by atoms with Crippen LogP contribution in [0.1, 0.15) is 12.8 Å². The summed E-state index contributed by atoms with van der Waals surface area (Å²) in [6, 6.07) is 0. The van der Waals surface area contributed by atoms with Crippen LogP contribution in [0.5, 0.6) is 0 Å². The fourth-order valence-corrected chi connectivity index (χ4v) is 2.06. The van der Waals surface area contributed by atoms with Gasteiger partial charge in [0.25, 0.3) is 0 Å². The number of rotatable bonds is 5. The predicted octanol–water partition coefficient (Wildman–Crippen LogP) is -0.896. The molecule has 0 bridgehead atoms. The van der Waals surface area contributed by atoms with E-state index < -0.39 is 5.97 Å². The summed E-state index contributed by atoms with van der Waals surface area (Å²) in [6.45, 7) is 2.66. The van der Waals surface area contributed by atoms with Gasteiger partial charge < -0.3 is 20.8 Å². The molecule has 0 aromatic heterocycles. The summed E-state index contributed by atoms with van der Waals surface area (Å²) >= 11 is 0. The number of nitrogens with zero attached hydrogens (tertiary/aromatic N) is 1. The smallest absolute Gasteiger partial charge is 0.304 e. The highest BCUT2D eigenvalue weighted by atomic mass is 16.4. The van der Waals surface area contributed by atoms with E-state index in [1.165, 1.54) is 0 Å². The van der Waals surface area contributed by atoms with Gasteiger partial charge in [0.1, 0.15) is 0 Å². The Kier molecular flexibility index (Phi) is 3.86. The summed E-state index contributed by atoms with van der Waals surface area (Å²) in [7, 11) is 0. The van der Waals surface area contributed by atoms with Crippen LogP contribution in [0.25, 0.3) is 0 Å². The molecule has 1 aliphatic rings. The van der Waals surface area contributed by atoms with E-state index in [9.17, 15) is 4.79 Å². The molecule has 0 radical (unpaired) electrons. The van der Waals surface area contributed by atoms with Crippen molar-refractivity contribution < 1.29 is 15.0 Å². The zero-order valence-electron chi connectivity index (χ0n) is 8.28. The lowest BCUT2D eigenvalue weighted by Gasteiger charge is -2.25. The van der Waals surface area contributed by atoms with Gasteiger partial charge in [0, 0.05) is 18.5 Å². The molecule has 1 atom stereocenters. The standard InChI is InChI=1S/C9H18N2O3/c10-6-9(5-8(13)14)1-2-11(7-9)3-4-12/h12H,1-7,10H2,(H,13,14). The Morgan fingerprint density at radius 2 is 2.29 bits per heavy atom. The maximum Gasteiger partial charge on any atom is 0.304 e. The van der Waals surface area contributed by atoms with E-state index in [-0.39, 0.29) is 18.4 Å². The minimum absolute atomic E-state index is 0.119. The van der Waals surface area contributed by atoms with E-state index in [1.807, 2.05) is 0 Å². The average molecular weight is 202 g/mol. The van der Waals surface area contributed by atoms with Crippen molar-refractivity contribution >= 4 is 5.97 Å². The first-order valence-electron chi connectivity index (χ1n) is 4.87. The van der Waals surface area contributed by atoms with Crippen molar-refractivity contribution in [3.8, 4) is 0 Å². The number of aliphatic carboxylic acids is 1. The number of aliphatic hydroxyl groups is 1. The van der Waals surface area contributed by atoms with Gasteiger partial charge in [-0.25, -0.2) is 0 Å². The Labute approximate surface area is 83.5 Å². The normalized spacial score (nSPS) is 28.1. The summed E-state index contributed by atoms with van der Waals surface area (Å²) in [5.74, 6) is -0.790. The van der Waals surface area contributed by atoms with Crippen LogP contribution < -0.4 is 5.73 Å². The molecule has 0 spiro atoms. The average Bonchev–Trinajstić information content (AvgIpc) is 2.49. The number of hydrogen-bond acceptors (Lipinski definition) is 4. The number of carbonyl (C=O) groups is 1. The zero-order chi connectivity index (χ0) is 10.6. The maximum atomic E-state index is 10.7. The molecule has 82 valence electrons. The van der Waals surface area contributed by atoms with Crippen molar-refractivity contribution in [3.05, 3.63) is 0 Å². The highest BCUT2D eigenvalue weighted by Gasteiger charge is 2.38. The van der Waals surface area contributed by atoms with Crippen LogP contribution in [0, 0.1) is 5.41 Å². The third-order valence-corrected chi connectivity index (χ3v) is 2.89. The quantitative estimate of drug-likeness (QED) is 0.538. The SMILES string of the molecule is NCC1(CC(=O)O)CCN(CCO)C1. The monoisotopic (exact) mass is 202 g/mol. The van der Waals surface area contributed by atoms with Crippen molar-refractivity contribution in [1.29, 1.82) is 0 Å². The molecule has 1 heterocycles. The molecule has 1 rings (SSSR count). The highest BCUT2D eigenvalue weighted by molar-refractivity contribution is 5.67. The fourth-order valence-electron chi connectivity index (χ4n) is 2.06. The van der Waals surface area contributed by atoms with Crippen LogP contribution in [-0.4, -0.2) is 53.9 Å². The number of likely N-dealkylation sites (tertiary alicyclic amines) is 1. The zero-order valence-corrected chi connectivity index (χ0v) is 8.28. The summed E-state index contributed by atoms with van der Waals surface area (Å²) in [5.41, 5.74) is 5.35. The van der Waals surface area contributed by atoms with Gasteiger partial charge in [-0.3, -0.25) is 4.79 Å². The first kappa shape index (κ1) is 11.4. The minimum Gasteiger partial charge on any atom is -0.481 e.